The molecule has 4 unspecified atom stereocenters. The van der Waals surface area contributed by atoms with E-state index in [0.717, 1.165) is 38.5 Å². The Kier molecular flexibility index (Phi) is 3.72. The van der Waals surface area contributed by atoms with Crippen molar-refractivity contribution in [3.63, 3.8) is 0 Å². The maximum absolute atomic E-state index is 13.0. The molecule has 118 valence electrons. The fraction of sp³-hybridized carbons (Fsp3) is 0.875. The van der Waals surface area contributed by atoms with Crippen molar-refractivity contribution in [3.8, 4) is 0 Å². The van der Waals surface area contributed by atoms with Crippen molar-refractivity contribution in [3.05, 3.63) is 0 Å². The molecule has 5 nitrogen and oxygen atoms in total. The van der Waals surface area contributed by atoms with Gasteiger partial charge in [0, 0.05) is 13.2 Å². The molecule has 4 atom stereocenters. The summed E-state index contributed by atoms with van der Waals surface area (Å²) in [5.41, 5.74) is -0.691. The summed E-state index contributed by atoms with van der Waals surface area (Å²) < 4.78 is 5.48. The summed E-state index contributed by atoms with van der Waals surface area (Å²) in [7, 11) is 1.73. The van der Waals surface area contributed by atoms with Gasteiger partial charge >= 0.3 is 0 Å². The first-order valence-corrected chi connectivity index (χ1v) is 8.15. The number of hydrogen-bond donors (Lipinski definition) is 1. The van der Waals surface area contributed by atoms with Gasteiger partial charge in [0.25, 0.3) is 0 Å². The lowest BCUT2D eigenvalue weighted by Crippen LogP contribution is -2.71. The highest BCUT2D eigenvalue weighted by atomic mass is 16.5. The average molecular weight is 294 g/mol. The zero-order valence-corrected chi connectivity index (χ0v) is 13.2. The van der Waals surface area contributed by atoms with Crippen molar-refractivity contribution in [1.29, 1.82) is 0 Å². The fourth-order valence-electron chi connectivity index (χ4n) is 3.99. The zero-order valence-electron chi connectivity index (χ0n) is 13.2. The Morgan fingerprint density at radius 3 is 2.57 bits per heavy atom. The molecule has 1 N–H and O–H groups in total. The van der Waals surface area contributed by atoms with Crippen LogP contribution in [0.3, 0.4) is 0 Å². The van der Waals surface area contributed by atoms with Gasteiger partial charge in [-0.2, -0.15) is 0 Å². The second kappa shape index (κ2) is 5.27. The van der Waals surface area contributed by atoms with Crippen LogP contribution in [-0.2, 0) is 14.3 Å². The molecule has 1 heterocycles. The van der Waals surface area contributed by atoms with Crippen LogP contribution >= 0.6 is 0 Å². The topological polar surface area (TPSA) is 58.6 Å². The standard InChI is InChI=1S/C16H26N2O3/c1-10-14(19)17-16(2,11-7-8-11)15(20)18(10)12-5-4-6-13(9-12)21-3/h10-13H,4-9H2,1-3H3,(H,17,19). The van der Waals surface area contributed by atoms with Crippen LogP contribution in [0, 0.1) is 5.92 Å². The van der Waals surface area contributed by atoms with Crippen LogP contribution in [-0.4, -0.2) is 47.6 Å². The number of nitrogens with one attached hydrogen (secondary N) is 1. The molecule has 0 bridgehead atoms. The van der Waals surface area contributed by atoms with Crippen LogP contribution in [0.5, 0.6) is 0 Å². The highest BCUT2D eigenvalue weighted by Crippen LogP contribution is 2.43. The number of amides is 2. The van der Waals surface area contributed by atoms with Gasteiger partial charge in [-0.25, -0.2) is 0 Å². The van der Waals surface area contributed by atoms with Crippen LogP contribution in [0.25, 0.3) is 0 Å². The maximum Gasteiger partial charge on any atom is 0.249 e. The van der Waals surface area contributed by atoms with Crippen LogP contribution in [0.2, 0.25) is 0 Å². The number of rotatable bonds is 3. The van der Waals surface area contributed by atoms with Crippen molar-refractivity contribution in [2.75, 3.05) is 7.11 Å². The Bertz CT molecular complexity index is 449. The van der Waals surface area contributed by atoms with E-state index in [1.54, 1.807) is 7.11 Å². The van der Waals surface area contributed by atoms with E-state index in [-0.39, 0.29) is 30.0 Å². The summed E-state index contributed by atoms with van der Waals surface area (Å²) in [6.07, 6.45) is 6.22. The molecule has 0 spiro atoms. The number of ether oxygens (including phenoxy) is 1. The molecule has 1 saturated heterocycles. The van der Waals surface area contributed by atoms with Crippen molar-refractivity contribution in [2.45, 2.75) is 76.1 Å². The number of carbonyl (C=O) groups excluding carboxylic acids is 2. The third-order valence-corrected chi connectivity index (χ3v) is 5.58. The van der Waals surface area contributed by atoms with E-state index in [4.69, 9.17) is 4.74 Å². The molecular weight excluding hydrogens is 268 g/mol. The summed E-state index contributed by atoms with van der Waals surface area (Å²) in [5.74, 6) is 0.410. The van der Waals surface area contributed by atoms with Crippen LogP contribution < -0.4 is 5.32 Å². The molecule has 2 saturated carbocycles. The SMILES string of the molecule is COC1CCCC(N2C(=O)C(C)(C3CC3)NC(=O)C2C)C1. The Morgan fingerprint density at radius 2 is 1.95 bits per heavy atom. The molecular formula is C16H26N2O3. The molecule has 3 fully saturated rings. The lowest BCUT2D eigenvalue weighted by atomic mass is 9.85. The van der Waals surface area contributed by atoms with Gasteiger partial charge in [-0.3, -0.25) is 9.59 Å². The first-order valence-electron chi connectivity index (χ1n) is 8.15. The third-order valence-electron chi connectivity index (χ3n) is 5.58. The number of piperazine rings is 1. The Labute approximate surface area is 126 Å². The van der Waals surface area contributed by atoms with E-state index in [9.17, 15) is 9.59 Å². The average Bonchev–Trinajstić information content (AvgIpc) is 3.31. The molecule has 3 rings (SSSR count). The molecule has 0 aromatic rings. The summed E-state index contributed by atoms with van der Waals surface area (Å²) in [6, 6.07) is -0.236. The molecule has 0 aromatic carbocycles. The largest absolute Gasteiger partial charge is 0.381 e. The second-order valence-corrected chi connectivity index (χ2v) is 7.03. The van der Waals surface area contributed by atoms with E-state index < -0.39 is 5.54 Å². The van der Waals surface area contributed by atoms with E-state index >= 15 is 0 Å². The van der Waals surface area contributed by atoms with Gasteiger partial charge in [-0.05, 0) is 58.3 Å². The van der Waals surface area contributed by atoms with Crippen LogP contribution in [0.4, 0.5) is 0 Å². The second-order valence-electron chi connectivity index (χ2n) is 7.03. The van der Waals surface area contributed by atoms with Crippen LogP contribution in [0.15, 0.2) is 0 Å². The Balaban J connectivity index is 1.84. The minimum atomic E-state index is -0.691. The maximum atomic E-state index is 13.0. The first-order chi connectivity index (χ1) is 9.97. The Hall–Kier alpha value is -1.10. The molecule has 1 aliphatic heterocycles. The monoisotopic (exact) mass is 294 g/mol. The van der Waals surface area contributed by atoms with E-state index in [1.807, 2.05) is 18.7 Å². The minimum Gasteiger partial charge on any atom is -0.381 e. The molecule has 5 heteroatoms. The number of hydrogen-bond acceptors (Lipinski definition) is 3. The molecule has 0 aromatic heterocycles. The van der Waals surface area contributed by atoms with E-state index in [1.165, 1.54) is 0 Å². The van der Waals surface area contributed by atoms with Gasteiger partial charge in [0.15, 0.2) is 0 Å². The normalized spacial score (nSPS) is 41.1. The zero-order chi connectivity index (χ0) is 15.2. The summed E-state index contributed by atoms with van der Waals surface area (Å²) in [6.45, 7) is 3.75. The van der Waals surface area contributed by atoms with Crippen molar-refractivity contribution < 1.29 is 14.3 Å². The highest BCUT2D eigenvalue weighted by molar-refractivity contribution is 6.00. The smallest absolute Gasteiger partial charge is 0.249 e. The number of methoxy groups -OCH3 is 1. The quantitative estimate of drug-likeness (QED) is 0.857. The highest BCUT2D eigenvalue weighted by Gasteiger charge is 2.55. The predicted molar refractivity (Wildman–Crippen MR) is 78.6 cm³/mol. The van der Waals surface area contributed by atoms with Crippen LogP contribution in [0.1, 0.15) is 52.4 Å². The molecule has 2 amide bonds. The molecule has 2 aliphatic carbocycles. The van der Waals surface area contributed by atoms with Gasteiger partial charge in [0.2, 0.25) is 11.8 Å². The number of nitrogens with zero attached hydrogens (tertiary/aromatic N) is 1. The lowest BCUT2D eigenvalue weighted by Gasteiger charge is -2.48. The van der Waals surface area contributed by atoms with Gasteiger partial charge in [-0.15, -0.1) is 0 Å². The van der Waals surface area contributed by atoms with Gasteiger partial charge in [-0.1, -0.05) is 0 Å². The molecule has 0 radical (unpaired) electrons. The summed E-state index contributed by atoms with van der Waals surface area (Å²) in [5, 5.41) is 2.99. The minimum absolute atomic E-state index is 0.0106. The third kappa shape index (κ3) is 2.45. The summed E-state index contributed by atoms with van der Waals surface area (Å²) in [4.78, 5) is 27.3. The molecule has 21 heavy (non-hydrogen) atoms. The first kappa shape index (κ1) is 14.8. The van der Waals surface area contributed by atoms with Gasteiger partial charge in [0.1, 0.15) is 11.6 Å². The van der Waals surface area contributed by atoms with Crippen molar-refractivity contribution in [1.82, 2.24) is 10.2 Å². The van der Waals surface area contributed by atoms with E-state index in [0.29, 0.717) is 5.92 Å². The van der Waals surface area contributed by atoms with E-state index in [2.05, 4.69) is 5.32 Å². The van der Waals surface area contributed by atoms with Gasteiger partial charge < -0.3 is 15.0 Å². The predicted octanol–water partition coefficient (Wildman–Crippen LogP) is 1.46. The van der Waals surface area contributed by atoms with Crippen molar-refractivity contribution >= 4 is 11.8 Å². The molecule has 3 aliphatic rings. The number of carbonyl (C=O) groups is 2. The summed E-state index contributed by atoms with van der Waals surface area (Å²) >= 11 is 0. The van der Waals surface area contributed by atoms with Crippen molar-refractivity contribution in [2.24, 2.45) is 5.92 Å². The fourth-order valence-corrected chi connectivity index (χ4v) is 3.99. The van der Waals surface area contributed by atoms with Gasteiger partial charge in [0.05, 0.1) is 6.10 Å². The Morgan fingerprint density at radius 1 is 1.24 bits per heavy atom. The lowest BCUT2D eigenvalue weighted by molar-refractivity contribution is -0.159.